The molecule has 0 heterocycles. The first-order chi connectivity index (χ1) is 9.15. The van der Waals surface area contributed by atoms with Crippen LogP contribution in [0.15, 0.2) is 47.6 Å². The monoisotopic (exact) mass is 253 g/mol. The Morgan fingerprint density at radius 3 is 2.58 bits per heavy atom. The fourth-order valence-corrected chi connectivity index (χ4v) is 2.63. The minimum absolute atomic E-state index is 0.359. The third kappa shape index (κ3) is 2.86. The lowest BCUT2D eigenvalue weighted by Gasteiger charge is -2.17. The molecule has 1 aliphatic carbocycles. The number of hydrogen-bond donors (Lipinski definition) is 1. The van der Waals surface area contributed by atoms with Gasteiger partial charge in [0.25, 0.3) is 0 Å². The zero-order chi connectivity index (χ0) is 13.8. The summed E-state index contributed by atoms with van der Waals surface area (Å²) < 4.78 is 0. The Hall–Kier alpha value is -1.63. The van der Waals surface area contributed by atoms with Crippen molar-refractivity contribution >= 4 is 5.71 Å². The van der Waals surface area contributed by atoms with Gasteiger partial charge in [-0.2, -0.15) is 0 Å². The Balaban J connectivity index is 2.32. The van der Waals surface area contributed by atoms with Gasteiger partial charge in [0.1, 0.15) is 0 Å². The van der Waals surface area contributed by atoms with Gasteiger partial charge in [-0.1, -0.05) is 60.9 Å². The van der Waals surface area contributed by atoms with E-state index < -0.39 is 0 Å². The maximum atomic E-state index is 8.31. The number of unbranched alkanes of at least 4 members (excludes halogenated alkanes) is 1. The summed E-state index contributed by atoms with van der Waals surface area (Å²) >= 11 is 0. The first kappa shape index (κ1) is 13.8. The fraction of sp³-hybridized carbons (Fsp3) is 0.389. The van der Waals surface area contributed by atoms with Crippen molar-refractivity contribution in [2.75, 3.05) is 0 Å². The number of hydrogen-bond acceptors (Lipinski definition) is 1. The van der Waals surface area contributed by atoms with Crippen molar-refractivity contribution in [3.63, 3.8) is 0 Å². The van der Waals surface area contributed by atoms with Crippen molar-refractivity contribution in [3.05, 3.63) is 58.7 Å². The van der Waals surface area contributed by atoms with Crippen LogP contribution >= 0.6 is 0 Å². The molecule has 100 valence electrons. The molecule has 1 aromatic rings. The minimum atomic E-state index is 0.359. The van der Waals surface area contributed by atoms with Gasteiger partial charge < -0.3 is 5.41 Å². The molecular weight excluding hydrogens is 230 g/mol. The number of allylic oxidation sites excluding steroid dienone is 4. The van der Waals surface area contributed by atoms with E-state index >= 15 is 0 Å². The zero-order valence-electron chi connectivity index (χ0n) is 12.2. The first-order valence-electron chi connectivity index (χ1n) is 7.17. The number of rotatable bonds is 5. The largest absolute Gasteiger partial charge is 0.305 e. The lowest BCUT2D eigenvalue weighted by molar-refractivity contribution is 0.831. The Bertz CT molecular complexity index is 534. The molecule has 0 saturated heterocycles. The molecule has 0 amide bonds. The van der Waals surface area contributed by atoms with E-state index in [0.29, 0.717) is 5.92 Å². The van der Waals surface area contributed by atoms with E-state index in [0.717, 1.165) is 30.5 Å². The Morgan fingerprint density at radius 1 is 1.21 bits per heavy atom. The maximum Gasteiger partial charge on any atom is 0.0389 e. The predicted octanol–water partition coefficient (Wildman–Crippen LogP) is 5.23. The van der Waals surface area contributed by atoms with Crippen LogP contribution in [0, 0.1) is 5.41 Å². The molecule has 0 aliphatic heterocycles. The van der Waals surface area contributed by atoms with Crippen LogP contribution in [-0.4, -0.2) is 5.71 Å². The van der Waals surface area contributed by atoms with Gasteiger partial charge in [0.2, 0.25) is 0 Å². The summed E-state index contributed by atoms with van der Waals surface area (Å²) in [6, 6.07) is 8.40. The second-order valence-electron chi connectivity index (χ2n) is 5.37. The predicted molar refractivity (Wildman–Crippen MR) is 83.1 cm³/mol. The number of nitrogens with one attached hydrogen (secondary N) is 1. The van der Waals surface area contributed by atoms with Gasteiger partial charge in [-0.3, -0.25) is 0 Å². The highest BCUT2D eigenvalue weighted by Crippen LogP contribution is 2.35. The summed E-state index contributed by atoms with van der Waals surface area (Å²) in [6.45, 7) is 6.54. The molecule has 1 N–H and O–H groups in total. The van der Waals surface area contributed by atoms with Gasteiger partial charge in [-0.15, -0.1) is 0 Å². The van der Waals surface area contributed by atoms with Crippen molar-refractivity contribution in [1.29, 1.82) is 5.41 Å². The highest BCUT2D eigenvalue weighted by atomic mass is 14.4. The molecule has 2 rings (SSSR count). The zero-order valence-corrected chi connectivity index (χ0v) is 12.2. The smallest absolute Gasteiger partial charge is 0.0389 e. The van der Waals surface area contributed by atoms with Crippen molar-refractivity contribution in [2.24, 2.45) is 0 Å². The average Bonchev–Trinajstić information content (AvgIpc) is 2.76. The van der Waals surface area contributed by atoms with Crippen molar-refractivity contribution in [3.8, 4) is 0 Å². The van der Waals surface area contributed by atoms with Crippen LogP contribution in [0.4, 0.5) is 0 Å². The van der Waals surface area contributed by atoms with Gasteiger partial charge in [-0.25, -0.2) is 0 Å². The van der Waals surface area contributed by atoms with Crippen molar-refractivity contribution in [1.82, 2.24) is 0 Å². The number of benzene rings is 1. The van der Waals surface area contributed by atoms with E-state index in [1.165, 1.54) is 16.7 Å². The molecule has 1 unspecified atom stereocenters. The molecule has 0 saturated carbocycles. The Morgan fingerprint density at radius 2 is 1.95 bits per heavy atom. The van der Waals surface area contributed by atoms with E-state index in [2.05, 4.69) is 51.1 Å². The summed E-state index contributed by atoms with van der Waals surface area (Å²) in [5, 5.41) is 8.31. The topological polar surface area (TPSA) is 23.9 Å². The van der Waals surface area contributed by atoms with E-state index in [1.807, 2.05) is 6.07 Å². The lowest BCUT2D eigenvalue weighted by Crippen LogP contribution is -2.07. The summed E-state index contributed by atoms with van der Waals surface area (Å²) in [4.78, 5) is 0. The summed E-state index contributed by atoms with van der Waals surface area (Å²) in [6.07, 6.45) is 7.59. The molecule has 0 radical (unpaired) electrons. The molecule has 1 heteroatoms. The summed E-state index contributed by atoms with van der Waals surface area (Å²) in [5.74, 6) is 0.359. The first-order valence-corrected chi connectivity index (χ1v) is 7.17. The van der Waals surface area contributed by atoms with Crippen LogP contribution in [0.2, 0.25) is 0 Å². The standard InChI is InChI=1S/C18H23N/c1-4-5-10-18(19)17-9-7-6-8-16(17)15-12-11-13(2)14(15)3/h6-9,11-12,15,19H,4-5,10H2,1-3H3. The van der Waals surface area contributed by atoms with Gasteiger partial charge in [0, 0.05) is 11.6 Å². The second kappa shape index (κ2) is 6.01. The quantitative estimate of drug-likeness (QED) is 0.694. The SMILES string of the molecule is CCCCC(=N)c1ccccc1C1C=CC(C)=C1C. The average molecular weight is 253 g/mol. The van der Waals surface area contributed by atoms with Crippen LogP contribution in [0.25, 0.3) is 0 Å². The second-order valence-corrected chi connectivity index (χ2v) is 5.37. The highest BCUT2D eigenvalue weighted by molar-refractivity contribution is 5.99. The molecule has 0 fully saturated rings. The van der Waals surface area contributed by atoms with Crippen LogP contribution in [-0.2, 0) is 0 Å². The molecular formula is C18H23N. The van der Waals surface area contributed by atoms with E-state index in [4.69, 9.17) is 5.41 Å². The molecule has 1 aliphatic rings. The van der Waals surface area contributed by atoms with E-state index in [-0.39, 0.29) is 0 Å². The highest BCUT2D eigenvalue weighted by Gasteiger charge is 2.20. The molecule has 0 spiro atoms. The van der Waals surface area contributed by atoms with E-state index in [1.54, 1.807) is 0 Å². The third-order valence-electron chi connectivity index (χ3n) is 4.03. The Labute approximate surface area is 116 Å². The summed E-state index contributed by atoms with van der Waals surface area (Å²) in [5.41, 5.74) is 5.97. The molecule has 1 atom stereocenters. The van der Waals surface area contributed by atoms with Crippen molar-refractivity contribution in [2.45, 2.75) is 46.0 Å². The normalized spacial score (nSPS) is 18.2. The molecule has 0 aromatic heterocycles. The van der Waals surface area contributed by atoms with Crippen LogP contribution in [0.5, 0.6) is 0 Å². The molecule has 1 nitrogen and oxygen atoms in total. The van der Waals surface area contributed by atoms with Gasteiger partial charge >= 0.3 is 0 Å². The third-order valence-corrected chi connectivity index (χ3v) is 4.03. The lowest BCUT2D eigenvalue weighted by atomic mass is 9.87. The molecule has 19 heavy (non-hydrogen) atoms. The van der Waals surface area contributed by atoms with E-state index in [9.17, 15) is 0 Å². The van der Waals surface area contributed by atoms with Gasteiger partial charge in [0.05, 0.1) is 0 Å². The van der Waals surface area contributed by atoms with Crippen molar-refractivity contribution < 1.29 is 0 Å². The van der Waals surface area contributed by atoms with Gasteiger partial charge in [0.15, 0.2) is 0 Å². The van der Waals surface area contributed by atoms with Crippen LogP contribution in [0.1, 0.15) is 57.1 Å². The Kier molecular flexibility index (Phi) is 4.36. The minimum Gasteiger partial charge on any atom is -0.305 e. The maximum absolute atomic E-state index is 8.31. The molecule has 0 bridgehead atoms. The van der Waals surface area contributed by atoms with Gasteiger partial charge in [-0.05, 0) is 37.8 Å². The van der Waals surface area contributed by atoms with Crippen LogP contribution < -0.4 is 0 Å². The fourth-order valence-electron chi connectivity index (χ4n) is 2.63. The molecule has 1 aromatic carbocycles. The summed E-state index contributed by atoms with van der Waals surface area (Å²) in [7, 11) is 0. The van der Waals surface area contributed by atoms with Crippen LogP contribution in [0.3, 0.4) is 0 Å².